The summed E-state index contributed by atoms with van der Waals surface area (Å²) in [6, 6.07) is 4.91. The van der Waals surface area contributed by atoms with E-state index in [9.17, 15) is 9.59 Å². The topological polar surface area (TPSA) is 67.4 Å². The van der Waals surface area contributed by atoms with Crippen molar-refractivity contribution in [2.24, 2.45) is 0 Å². The Morgan fingerprint density at radius 3 is 2.95 bits per heavy atom. The smallest absolute Gasteiger partial charge is 0.239 e. The molecule has 8 heteroatoms. The predicted molar refractivity (Wildman–Crippen MR) is 83.4 cm³/mol. The van der Waals surface area contributed by atoms with Crippen LogP contribution in [0.1, 0.15) is 6.42 Å². The van der Waals surface area contributed by atoms with Crippen molar-refractivity contribution in [2.45, 2.75) is 11.7 Å². The number of thiocarbonyl (C=S) groups is 1. The second kappa shape index (κ2) is 6.43. The number of carbonyl (C=O) groups is 2. The van der Waals surface area contributed by atoms with E-state index in [0.29, 0.717) is 20.8 Å². The average Bonchev–Trinajstić information content (AvgIpc) is 2.68. The summed E-state index contributed by atoms with van der Waals surface area (Å²) >= 11 is 11.9. The zero-order valence-corrected chi connectivity index (χ0v) is 12.8. The molecule has 1 aromatic carbocycles. The Kier molecular flexibility index (Phi) is 4.85. The molecule has 2 rings (SSSR count). The molecule has 5 nitrogen and oxygen atoms in total. The maximum atomic E-state index is 12.0. The minimum atomic E-state index is -0.493. The molecule has 1 aromatic rings. The number of benzene rings is 1. The van der Waals surface area contributed by atoms with Gasteiger partial charge < -0.3 is 15.4 Å². The number of halogens is 1. The van der Waals surface area contributed by atoms with Crippen molar-refractivity contribution in [1.29, 1.82) is 0 Å². The number of nitrogens with one attached hydrogen (secondary N) is 2. The summed E-state index contributed by atoms with van der Waals surface area (Å²) in [6.07, 6.45) is 0.0340. The minimum Gasteiger partial charge on any atom is -0.495 e. The summed E-state index contributed by atoms with van der Waals surface area (Å²) in [4.78, 5) is 23.5. The fourth-order valence-electron chi connectivity index (χ4n) is 1.68. The first-order valence-electron chi connectivity index (χ1n) is 5.64. The van der Waals surface area contributed by atoms with Crippen LogP contribution < -0.4 is 15.4 Å². The standard InChI is InChI=1S/C12H11ClN2O3S2/c1-18-8-3-2-6(13)4-7(8)14-10(16)5-9-11(17)15-12(19)20-9/h2-4,9H,5H2,1H3,(H,14,16)(H,15,17,19)/t9-/m0/s1. The molecule has 0 unspecified atom stereocenters. The van der Waals surface area contributed by atoms with E-state index in [-0.39, 0.29) is 18.2 Å². The van der Waals surface area contributed by atoms with Gasteiger partial charge in [-0.3, -0.25) is 9.59 Å². The second-order valence-corrected chi connectivity index (χ2v) is 6.30. The van der Waals surface area contributed by atoms with Crippen LogP contribution in [0.2, 0.25) is 5.02 Å². The number of thioether (sulfide) groups is 1. The summed E-state index contributed by atoms with van der Waals surface area (Å²) in [5.41, 5.74) is 0.469. The van der Waals surface area contributed by atoms with E-state index < -0.39 is 5.25 Å². The normalized spacial score (nSPS) is 17.8. The summed E-state index contributed by atoms with van der Waals surface area (Å²) in [5.74, 6) is -0.0436. The molecule has 1 atom stereocenters. The molecule has 1 fully saturated rings. The van der Waals surface area contributed by atoms with Crippen LogP contribution in [0.3, 0.4) is 0 Å². The molecule has 20 heavy (non-hydrogen) atoms. The summed E-state index contributed by atoms with van der Waals surface area (Å²) in [6.45, 7) is 0. The van der Waals surface area contributed by atoms with E-state index >= 15 is 0 Å². The van der Waals surface area contributed by atoms with Crippen LogP contribution in [0.4, 0.5) is 5.69 Å². The van der Waals surface area contributed by atoms with Gasteiger partial charge in [0, 0.05) is 11.4 Å². The average molecular weight is 331 g/mol. The SMILES string of the molecule is COc1ccc(Cl)cc1NC(=O)C[C@@H]1SC(=S)NC1=O. The van der Waals surface area contributed by atoms with Gasteiger partial charge in [-0.2, -0.15) is 0 Å². The molecular weight excluding hydrogens is 320 g/mol. The third-order valence-corrected chi connectivity index (χ3v) is 4.18. The van der Waals surface area contributed by atoms with Gasteiger partial charge in [0.25, 0.3) is 0 Å². The highest BCUT2D eigenvalue weighted by Crippen LogP contribution is 2.29. The van der Waals surface area contributed by atoms with Crippen LogP contribution in [0, 0.1) is 0 Å². The van der Waals surface area contributed by atoms with Gasteiger partial charge in [0.05, 0.1) is 18.0 Å². The molecule has 0 aliphatic carbocycles. The molecule has 1 heterocycles. The Morgan fingerprint density at radius 1 is 1.60 bits per heavy atom. The van der Waals surface area contributed by atoms with E-state index in [1.54, 1.807) is 18.2 Å². The first-order valence-corrected chi connectivity index (χ1v) is 7.31. The Labute approximate surface area is 130 Å². The third kappa shape index (κ3) is 3.62. The number of amides is 2. The van der Waals surface area contributed by atoms with Gasteiger partial charge >= 0.3 is 0 Å². The van der Waals surface area contributed by atoms with E-state index in [2.05, 4.69) is 10.6 Å². The van der Waals surface area contributed by atoms with Crippen LogP contribution in [0.25, 0.3) is 0 Å². The molecule has 0 radical (unpaired) electrons. The lowest BCUT2D eigenvalue weighted by atomic mass is 10.2. The van der Waals surface area contributed by atoms with Crippen molar-refractivity contribution in [2.75, 3.05) is 12.4 Å². The van der Waals surface area contributed by atoms with E-state index in [4.69, 9.17) is 28.6 Å². The lowest BCUT2D eigenvalue weighted by Gasteiger charge is -2.11. The van der Waals surface area contributed by atoms with Gasteiger partial charge in [0.1, 0.15) is 10.1 Å². The lowest BCUT2D eigenvalue weighted by molar-refractivity contribution is -0.122. The maximum Gasteiger partial charge on any atom is 0.239 e. The quantitative estimate of drug-likeness (QED) is 0.828. The molecule has 106 valence electrons. The van der Waals surface area contributed by atoms with Gasteiger partial charge in [-0.05, 0) is 18.2 Å². The van der Waals surface area contributed by atoms with Gasteiger partial charge in [-0.1, -0.05) is 35.6 Å². The molecular formula is C12H11ClN2O3S2. The zero-order chi connectivity index (χ0) is 14.7. The van der Waals surface area contributed by atoms with Crippen LogP contribution >= 0.6 is 35.6 Å². The number of hydrogen-bond donors (Lipinski definition) is 2. The lowest BCUT2D eigenvalue weighted by Crippen LogP contribution is -2.27. The number of ether oxygens (including phenoxy) is 1. The first kappa shape index (κ1) is 15.1. The maximum absolute atomic E-state index is 12.0. The predicted octanol–water partition coefficient (Wildman–Crippen LogP) is 2.19. The number of rotatable bonds is 4. The van der Waals surface area contributed by atoms with Crippen LogP contribution in [0.15, 0.2) is 18.2 Å². The monoisotopic (exact) mass is 330 g/mol. The van der Waals surface area contributed by atoms with Crippen molar-refractivity contribution in [1.82, 2.24) is 5.32 Å². The number of hydrogen-bond acceptors (Lipinski definition) is 5. The van der Waals surface area contributed by atoms with Crippen LogP contribution in [0.5, 0.6) is 5.75 Å². The van der Waals surface area contributed by atoms with Crippen LogP contribution in [-0.4, -0.2) is 28.5 Å². The molecule has 0 bridgehead atoms. The number of anilines is 1. The molecule has 0 aromatic heterocycles. The van der Waals surface area contributed by atoms with Gasteiger partial charge in [0.2, 0.25) is 11.8 Å². The second-order valence-electron chi connectivity index (χ2n) is 3.98. The highest BCUT2D eigenvalue weighted by molar-refractivity contribution is 8.24. The van der Waals surface area contributed by atoms with Crippen molar-refractivity contribution < 1.29 is 14.3 Å². The van der Waals surface area contributed by atoms with Gasteiger partial charge in [0.15, 0.2) is 0 Å². The van der Waals surface area contributed by atoms with Gasteiger partial charge in [-0.25, -0.2) is 0 Å². The van der Waals surface area contributed by atoms with Crippen molar-refractivity contribution in [3.63, 3.8) is 0 Å². The highest BCUT2D eigenvalue weighted by atomic mass is 35.5. The minimum absolute atomic E-state index is 0.0340. The molecule has 2 amide bonds. The largest absolute Gasteiger partial charge is 0.495 e. The fraction of sp³-hybridized carbons (Fsp3) is 0.250. The molecule has 2 N–H and O–H groups in total. The Morgan fingerprint density at radius 2 is 2.35 bits per heavy atom. The molecule has 1 aliphatic rings. The molecule has 0 spiro atoms. The first-order chi connectivity index (χ1) is 9.49. The van der Waals surface area contributed by atoms with Gasteiger partial charge in [-0.15, -0.1) is 0 Å². The van der Waals surface area contributed by atoms with E-state index in [0.717, 1.165) is 0 Å². The summed E-state index contributed by atoms with van der Waals surface area (Å²) in [5, 5.41) is 5.17. The number of carbonyl (C=O) groups excluding carboxylic acids is 2. The Hall–Kier alpha value is -1.31. The highest BCUT2D eigenvalue weighted by Gasteiger charge is 2.31. The van der Waals surface area contributed by atoms with Crippen molar-refractivity contribution in [3.8, 4) is 5.75 Å². The fourth-order valence-corrected chi connectivity index (χ4v) is 3.11. The molecule has 1 aliphatic heterocycles. The summed E-state index contributed by atoms with van der Waals surface area (Å²) < 4.78 is 5.53. The third-order valence-electron chi connectivity index (χ3n) is 2.57. The van der Waals surface area contributed by atoms with E-state index in [1.807, 2.05) is 0 Å². The Balaban J connectivity index is 2.03. The van der Waals surface area contributed by atoms with Crippen LogP contribution in [-0.2, 0) is 9.59 Å². The van der Waals surface area contributed by atoms with Crippen molar-refractivity contribution >= 4 is 57.4 Å². The molecule has 1 saturated heterocycles. The number of methoxy groups -OCH3 is 1. The Bertz CT molecular complexity index is 580. The van der Waals surface area contributed by atoms with Crippen molar-refractivity contribution in [3.05, 3.63) is 23.2 Å². The van der Waals surface area contributed by atoms with E-state index in [1.165, 1.54) is 18.9 Å². The summed E-state index contributed by atoms with van der Waals surface area (Å²) in [7, 11) is 1.50. The molecule has 0 saturated carbocycles. The zero-order valence-electron chi connectivity index (χ0n) is 10.4.